The highest BCUT2D eigenvalue weighted by atomic mass is 127. The Hall–Kier alpha value is -1.54. The molecule has 0 saturated heterocycles. The van der Waals surface area contributed by atoms with Gasteiger partial charge < -0.3 is 19.5 Å². The van der Waals surface area contributed by atoms with Crippen LogP contribution in [0.25, 0.3) is 0 Å². The fourth-order valence-corrected chi connectivity index (χ4v) is 2.67. The number of ether oxygens (including phenoxy) is 1. The minimum Gasteiger partial charge on any atom is -0.377 e. The van der Waals surface area contributed by atoms with Crippen LogP contribution in [0.15, 0.2) is 47.6 Å². The molecule has 1 aromatic heterocycles. The first-order chi connectivity index (χ1) is 12.2. The molecule has 26 heavy (non-hydrogen) atoms. The Balaban J connectivity index is 0.00000338. The van der Waals surface area contributed by atoms with E-state index in [2.05, 4.69) is 72.3 Å². The molecular formula is C20H31IN4O. The summed E-state index contributed by atoms with van der Waals surface area (Å²) in [6, 6.07) is 12.5. The number of aromatic nitrogens is 1. The molecule has 0 aliphatic rings. The zero-order valence-corrected chi connectivity index (χ0v) is 18.6. The van der Waals surface area contributed by atoms with Crippen LogP contribution >= 0.6 is 24.0 Å². The molecule has 0 aliphatic carbocycles. The van der Waals surface area contributed by atoms with E-state index in [1.165, 1.54) is 16.8 Å². The monoisotopic (exact) mass is 470 g/mol. The number of halogens is 1. The Labute approximate surface area is 174 Å². The molecule has 0 fully saturated rings. The van der Waals surface area contributed by atoms with Gasteiger partial charge in [0.25, 0.3) is 0 Å². The highest BCUT2D eigenvalue weighted by Gasteiger charge is 2.09. The topological polar surface area (TPSA) is 41.8 Å². The summed E-state index contributed by atoms with van der Waals surface area (Å²) < 4.78 is 7.70. The van der Waals surface area contributed by atoms with Gasteiger partial charge in [0.15, 0.2) is 5.96 Å². The number of hydrogen-bond donors (Lipinski definition) is 1. The molecule has 0 unspecified atom stereocenters. The molecule has 144 valence electrons. The summed E-state index contributed by atoms with van der Waals surface area (Å²) in [6.07, 6.45) is 2.07. The molecular weight excluding hydrogens is 439 g/mol. The predicted octanol–water partition coefficient (Wildman–Crippen LogP) is 3.78. The van der Waals surface area contributed by atoms with Crippen molar-refractivity contribution in [3.8, 4) is 0 Å². The largest absolute Gasteiger partial charge is 0.377 e. The first-order valence-corrected chi connectivity index (χ1v) is 8.89. The van der Waals surface area contributed by atoms with E-state index < -0.39 is 0 Å². The van der Waals surface area contributed by atoms with E-state index in [1.807, 2.05) is 13.0 Å². The lowest BCUT2D eigenvalue weighted by molar-refractivity contribution is 0.133. The maximum atomic E-state index is 5.57. The van der Waals surface area contributed by atoms with Gasteiger partial charge in [-0.1, -0.05) is 24.3 Å². The van der Waals surface area contributed by atoms with E-state index in [1.54, 1.807) is 0 Å². The maximum absolute atomic E-state index is 5.57. The van der Waals surface area contributed by atoms with Crippen molar-refractivity contribution in [1.29, 1.82) is 0 Å². The summed E-state index contributed by atoms with van der Waals surface area (Å²) in [5.41, 5.74) is 3.66. The molecule has 0 radical (unpaired) electrons. The Bertz CT molecular complexity index is 684. The number of guanidine groups is 1. The van der Waals surface area contributed by atoms with Crippen LogP contribution in [0.4, 0.5) is 0 Å². The maximum Gasteiger partial charge on any atom is 0.194 e. The minimum absolute atomic E-state index is 0. The fraction of sp³-hybridized carbons (Fsp3) is 0.450. The third-order valence-corrected chi connectivity index (χ3v) is 4.13. The highest BCUT2D eigenvalue weighted by molar-refractivity contribution is 14.0. The van der Waals surface area contributed by atoms with Gasteiger partial charge in [-0.2, -0.15) is 0 Å². The van der Waals surface area contributed by atoms with Crippen molar-refractivity contribution in [2.24, 2.45) is 12.0 Å². The van der Waals surface area contributed by atoms with Crippen molar-refractivity contribution in [1.82, 2.24) is 14.8 Å². The van der Waals surface area contributed by atoms with Gasteiger partial charge in [-0.25, -0.2) is 4.99 Å². The van der Waals surface area contributed by atoms with Gasteiger partial charge in [0, 0.05) is 39.1 Å². The molecule has 0 bridgehead atoms. The number of aliphatic imine (C=N–C) groups is 1. The number of aryl methyl sites for hydroxylation is 1. The number of hydrogen-bond acceptors (Lipinski definition) is 2. The number of nitrogens with one attached hydrogen (secondary N) is 1. The average Bonchev–Trinajstić information content (AvgIpc) is 3.02. The van der Waals surface area contributed by atoms with Crippen LogP contribution in [-0.2, 0) is 31.5 Å². The smallest absolute Gasteiger partial charge is 0.194 e. The summed E-state index contributed by atoms with van der Waals surface area (Å²) in [4.78, 5) is 6.99. The van der Waals surface area contributed by atoms with Crippen molar-refractivity contribution >= 4 is 29.9 Å². The summed E-state index contributed by atoms with van der Waals surface area (Å²) in [6.45, 7) is 7.77. The molecule has 2 aromatic rings. The third kappa shape index (κ3) is 6.64. The second-order valence-electron chi connectivity index (χ2n) is 6.04. The zero-order valence-electron chi connectivity index (χ0n) is 16.2. The summed E-state index contributed by atoms with van der Waals surface area (Å²) in [5.74, 6) is 0.912. The Morgan fingerprint density at radius 3 is 2.50 bits per heavy atom. The van der Waals surface area contributed by atoms with Crippen LogP contribution in [0, 0.1) is 0 Å². The standard InChI is InChI=1S/C20H30N4O.HI/c1-5-21-20(24(4)15-19-12-9-13-23(19)3)22-14-17-10-7-8-11-18(17)16-25-6-2;/h7-13H,5-6,14-16H2,1-4H3,(H,21,22);1H. The van der Waals surface area contributed by atoms with Crippen LogP contribution in [0.2, 0.25) is 0 Å². The first kappa shape index (κ1) is 22.5. The van der Waals surface area contributed by atoms with Crippen molar-refractivity contribution in [3.63, 3.8) is 0 Å². The SMILES string of the molecule is CCNC(=NCc1ccccc1COCC)N(C)Cc1cccn1C.I. The number of rotatable bonds is 8. The Morgan fingerprint density at radius 1 is 1.15 bits per heavy atom. The molecule has 0 atom stereocenters. The van der Waals surface area contributed by atoms with E-state index in [9.17, 15) is 0 Å². The lowest BCUT2D eigenvalue weighted by atomic mass is 10.1. The van der Waals surface area contributed by atoms with Gasteiger partial charge in [-0.15, -0.1) is 24.0 Å². The second-order valence-corrected chi connectivity index (χ2v) is 6.04. The molecule has 1 heterocycles. The summed E-state index contributed by atoms with van der Waals surface area (Å²) >= 11 is 0. The number of nitrogens with zero attached hydrogens (tertiary/aromatic N) is 3. The average molecular weight is 470 g/mol. The minimum atomic E-state index is 0. The summed E-state index contributed by atoms with van der Waals surface area (Å²) in [7, 11) is 4.14. The highest BCUT2D eigenvalue weighted by Crippen LogP contribution is 2.12. The Kier molecular flexibility index (Phi) is 10.3. The second kappa shape index (κ2) is 12.0. The molecule has 5 nitrogen and oxygen atoms in total. The van der Waals surface area contributed by atoms with Crippen LogP contribution < -0.4 is 5.32 Å². The van der Waals surface area contributed by atoms with E-state index >= 15 is 0 Å². The lowest BCUT2D eigenvalue weighted by Crippen LogP contribution is -2.38. The van der Waals surface area contributed by atoms with Gasteiger partial charge in [0.2, 0.25) is 0 Å². The van der Waals surface area contributed by atoms with Crippen LogP contribution in [-0.4, -0.2) is 35.6 Å². The van der Waals surface area contributed by atoms with Crippen LogP contribution in [0.5, 0.6) is 0 Å². The van der Waals surface area contributed by atoms with Gasteiger partial charge in [0.05, 0.1) is 19.7 Å². The Morgan fingerprint density at radius 2 is 1.88 bits per heavy atom. The van der Waals surface area contributed by atoms with E-state index in [-0.39, 0.29) is 24.0 Å². The zero-order chi connectivity index (χ0) is 18.1. The van der Waals surface area contributed by atoms with Crippen molar-refractivity contribution in [2.45, 2.75) is 33.5 Å². The lowest BCUT2D eigenvalue weighted by Gasteiger charge is -2.22. The van der Waals surface area contributed by atoms with E-state index in [0.717, 1.165) is 25.7 Å². The van der Waals surface area contributed by atoms with Crippen molar-refractivity contribution in [3.05, 3.63) is 59.4 Å². The van der Waals surface area contributed by atoms with Gasteiger partial charge in [-0.05, 0) is 37.1 Å². The van der Waals surface area contributed by atoms with Gasteiger partial charge in [0.1, 0.15) is 0 Å². The molecule has 0 amide bonds. The van der Waals surface area contributed by atoms with Gasteiger partial charge >= 0.3 is 0 Å². The quantitative estimate of drug-likeness (QED) is 0.363. The molecule has 0 saturated carbocycles. The molecule has 2 rings (SSSR count). The van der Waals surface area contributed by atoms with Crippen LogP contribution in [0.3, 0.4) is 0 Å². The van der Waals surface area contributed by atoms with Gasteiger partial charge in [-0.3, -0.25) is 0 Å². The summed E-state index contributed by atoms with van der Waals surface area (Å²) in [5, 5.41) is 3.38. The van der Waals surface area contributed by atoms with Crippen molar-refractivity contribution in [2.75, 3.05) is 20.2 Å². The molecule has 1 N–H and O–H groups in total. The first-order valence-electron chi connectivity index (χ1n) is 8.89. The molecule has 6 heteroatoms. The third-order valence-electron chi connectivity index (χ3n) is 4.13. The van der Waals surface area contributed by atoms with Crippen molar-refractivity contribution < 1.29 is 4.74 Å². The van der Waals surface area contributed by atoms with E-state index in [0.29, 0.717) is 13.2 Å². The number of benzene rings is 1. The normalized spacial score (nSPS) is 11.2. The predicted molar refractivity (Wildman–Crippen MR) is 119 cm³/mol. The molecule has 0 aliphatic heterocycles. The van der Waals surface area contributed by atoms with E-state index in [4.69, 9.17) is 9.73 Å². The molecule has 0 spiro atoms. The molecule has 1 aromatic carbocycles. The fourth-order valence-electron chi connectivity index (χ4n) is 2.67. The van der Waals surface area contributed by atoms with Crippen LogP contribution in [0.1, 0.15) is 30.7 Å².